The number of aliphatic hydroxyl groups is 1. The minimum absolute atomic E-state index is 0.0614. The third-order valence-electron chi connectivity index (χ3n) is 3.43. The van der Waals surface area contributed by atoms with Gasteiger partial charge in [-0.3, -0.25) is 9.48 Å². The fourth-order valence-corrected chi connectivity index (χ4v) is 2.10. The first kappa shape index (κ1) is 17.3. The Balaban J connectivity index is 1.89. The van der Waals surface area contributed by atoms with Crippen LogP contribution in [0.5, 0.6) is 5.75 Å². The summed E-state index contributed by atoms with van der Waals surface area (Å²) < 4.78 is 7.13. The van der Waals surface area contributed by atoms with Gasteiger partial charge in [0.2, 0.25) is 0 Å². The van der Waals surface area contributed by atoms with Crippen molar-refractivity contribution in [2.75, 3.05) is 6.54 Å². The highest BCUT2D eigenvalue weighted by Gasteiger charge is 2.26. The summed E-state index contributed by atoms with van der Waals surface area (Å²) in [6.07, 6.45) is 2.58. The molecule has 0 saturated heterocycles. The third kappa shape index (κ3) is 4.71. The molecule has 0 radical (unpaired) electrons. The summed E-state index contributed by atoms with van der Waals surface area (Å²) in [5.41, 5.74) is -0.573. The van der Waals surface area contributed by atoms with Crippen molar-refractivity contribution in [3.63, 3.8) is 0 Å². The van der Waals surface area contributed by atoms with Gasteiger partial charge in [0, 0.05) is 23.8 Å². The van der Waals surface area contributed by atoms with Crippen LogP contribution in [0.2, 0.25) is 5.02 Å². The number of hydrogen-bond acceptors (Lipinski definition) is 4. The number of aryl methyl sites for hydroxylation is 1. The van der Waals surface area contributed by atoms with Gasteiger partial charge in [-0.25, -0.2) is 0 Å². The lowest BCUT2D eigenvalue weighted by Gasteiger charge is -2.23. The Morgan fingerprint density at radius 1 is 1.48 bits per heavy atom. The molecular weight excluding hydrogens is 318 g/mol. The van der Waals surface area contributed by atoms with Gasteiger partial charge >= 0.3 is 0 Å². The number of aromatic nitrogens is 2. The summed E-state index contributed by atoms with van der Waals surface area (Å²) in [5.74, 6) is 0.236. The molecule has 2 N–H and O–H groups in total. The normalized spacial score (nSPS) is 14.8. The molecule has 6 nitrogen and oxygen atoms in total. The van der Waals surface area contributed by atoms with E-state index in [-0.39, 0.29) is 12.5 Å². The molecule has 0 saturated carbocycles. The predicted octanol–water partition coefficient (Wildman–Crippen LogP) is 1.86. The van der Waals surface area contributed by atoms with Crippen LogP contribution in [0.1, 0.15) is 19.4 Å². The summed E-state index contributed by atoms with van der Waals surface area (Å²) in [4.78, 5) is 12.1. The van der Waals surface area contributed by atoms with Crippen molar-refractivity contribution in [2.24, 2.45) is 7.05 Å². The van der Waals surface area contributed by atoms with Gasteiger partial charge in [0.05, 0.1) is 12.7 Å². The molecular formula is C16H20ClN3O3. The lowest BCUT2D eigenvalue weighted by atomic mass is 10.00. The van der Waals surface area contributed by atoms with Crippen molar-refractivity contribution >= 4 is 17.5 Å². The van der Waals surface area contributed by atoms with E-state index in [0.717, 1.165) is 0 Å². The first-order valence-corrected chi connectivity index (χ1v) is 7.57. The third-order valence-corrected chi connectivity index (χ3v) is 3.68. The summed E-state index contributed by atoms with van der Waals surface area (Å²) >= 11 is 5.80. The van der Waals surface area contributed by atoms with E-state index in [1.807, 2.05) is 0 Å². The quantitative estimate of drug-likeness (QED) is 0.843. The average Bonchev–Trinajstić information content (AvgIpc) is 2.94. The van der Waals surface area contributed by atoms with Gasteiger partial charge < -0.3 is 15.2 Å². The van der Waals surface area contributed by atoms with E-state index in [2.05, 4.69) is 10.4 Å². The maximum absolute atomic E-state index is 12.1. The lowest BCUT2D eigenvalue weighted by Crippen LogP contribution is -2.43. The first-order valence-electron chi connectivity index (χ1n) is 7.19. The number of carbonyl (C=O) groups is 1. The van der Waals surface area contributed by atoms with E-state index in [1.165, 1.54) is 0 Å². The molecule has 7 heteroatoms. The number of ether oxygens (including phenoxy) is 1. The van der Waals surface area contributed by atoms with Crippen LogP contribution in [0, 0.1) is 0 Å². The van der Waals surface area contributed by atoms with Crippen molar-refractivity contribution < 1.29 is 14.6 Å². The molecule has 0 bridgehead atoms. The summed E-state index contributed by atoms with van der Waals surface area (Å²) in [6.45, 7) is 3.32. The Bertz CT molecular complexity index is 667. The molecule has 1 aromatic heterocycles. The Labute approximate surface area is 140 Å². The van der Waals surface area contributed by atoms with Crippen LogP contribution in [0.15, 0.2) is 36.7 Å². The lowest BCUT2D eigenvalue weighted by molar-refractivity contribution is -0.128. The van der Waals surface area contributed by atoms with E-state index in [0.29, 0.717) is 16.3 Å². The van der Waals surface area contributed by atoms with Crippen LogP contribution in [0.3, 0.4) is 0 Å². The molecule has 0 aliphatic heterocycles. The first-order chi connectivity index (χ1) is 10.8. The second-order valence-corrected chi connectivity index (χ2v) is 6.04. The van der Waals surface area contributed by atoms with Gasteiger partial charge in [0.15, 0.2) is 6.10 Å². The smallest absolute Gasteiger partial charge is 0.260 e. The fraction of sp³-hybridized carbons (Fsp3) is 0.375. The second kappa shape index (κ2) is 7.02. The monoisotopic (exact) mass is 337 g/mol. The van der Waals surface area contributed by atoms with Crippen LogP contribution in [-0.4, -0.2) is 33.4 Å². The SMILES string of the molecule is CC(Oc1ccc(Cl)cc1)C(=O)NCC(C)(O)c1cnn(C)c1. The summed E-state index contributed by atoms with van der Waals surface area (Å²) in [7, 11) is 1.76. The molecule has 2 aromatic rings. The van der Waals surface area contributed by atoms with E-state index in [1.54, 1.807) is 62.2 Å². The van der Waals surface area contributed by atoms with Gasteiger partial charge in [-0.05, 0) is 38.1 Å². The average molecular weight is 338 g/mol. The molecule has 124 valence electrons. The number of rotatable bonds is 6. The molecule has 2 unspecified atom stereocenters. The summed E-state index contributed by atoms with van der Waals surface area (Å²) in [6, 6.07) is 6.76. The second-order valence-electron chi connectivity index (χ2n) is 5.61. The highest BCUT2D eigenvalue weighted by atomic mass is 35.5. The maximum atomic E-state index is 12.1. The van der Waals surface area contributed by atoms with Gasteiger partial charge in [0.1, 0.15) is 11.4 Å². The van der Waals surface area contributed by atoms with Crippen LogP contribution >= 0.6 is 11.6 Å². The van der Waals surface area contributed by atoms with Crippen molar-refractivity contribution in [2.45, 2.75) is 25.6 Å². The van der Waals surface area contributed by atoms with Gasteiger partial charge in [-0.2, -0.15) is 5.10 Å². The van der Waals surface area contributed by atoms with Crippen molar-refractivity contribution in [1.29, 1.82) is 0 Å². The highest BCUT2D eigenvalue weighted by Crippen LogP contribution is 2.19. The Morgan fingerprint density at radius 2 is 2.13 bits per heavy atom. The minimum Gasteiger partial charge on any atom is -0.481 e. The van der Waals surface area contributed by atoms with Crippen LogP contribution in [0.25, 0.3) is 0 Å². The van der Waals surface area contributed by atoms with Crippen molar-refractivity contribution in [3.05, 3.63) is 47.2 Å². The van der Waals surface area contributed by atoms with Crippen LogP contribution < -0.4 is 10.1 Å². The van der Waals surface area contributed by atoms with E-state index >= 15 is 0 Å². The Morgan fingerprint density at radius 3 is 2.70 bits per heavy atom. The number of nitrogens with zero attached hydrogens (tertiary/aromatic N) is 2. The number of amides is 1. The van der Waals surface area contributed by atoms with E-state index in [9.17, 15) is 9.90 Å². The zero-order valence-electron chi connectivity index (χ0n) is 13.3. The molecule has 1 aromatic carbocycles. The minimum atomic E-state index is -1.20. The molecule has 0 aliphatic rings. The molecule has 1 amide bonds. The van der Waals surface area contributed by atoms with Gasteiger partial charge in [-0.1, -0.05) is 11.6 Å². The molecule has 2 atom stereocenters. The van der Waals surface area contributed by atoms with Gasteiger partial charge in [0.25, 0.3) is 5.91 Å². The summed E-state index contributed by atoms with van der Waals surface area (Å²) in [5, 5.41) is 17.7. The molecule has 0 spiro atoms. The zero-order chi connectivity index (χ0) is 17.0. The van der Waals surface area contributed by atoms with E-state index in [4.69, 9.17) is 16.3 Å². The van der Waals surface area contributed by atoms with Crippen LogP contribution in [-0.2, 0) is 17.4 Å². The predicted molar refractivity (Wildman–Crippen MR) is 87.3 cm³/mol. The number of halogens is 1. The number of nitrogens with one attached hydrogen (secondary N) is 1. The Kier molecular flexibility index (Phi) is 5.28. The van der Waals surface area contributed by atoms with Crippen molar-refractivity contribution in [1.82, 2.24) is 15.1 Å². The molecule has 23 heavy (non-hydrogen) atoms. The highest BCUT2D eigenvalue weighted by molar-refractivity contribution is 6.30. The maximum Gasteiger partial charge on any atom is 0.260 e. The van der Waals surface area contributed by atoms with Gasteiger partial charge in [-0.15, -0.1) is 0 Å². The number of hydrogen-bond donors (Lipinski definition) is 2. The zero-order valence-corrected chi connectivity index (χ0v) is 14.0. The largest absolute Gasteiger partial charge is 0.481 e. The van der Waals surface area contributed by atoms with E-state index < -0.39 is 11.7 Å². The number of benzene rings is 1. The fourth-order valence-electron chi connectivity index (χ4n) is 1.98. The van der Waals surface area contributed by atoms with Crippen molar-refractivity contribution in [3.8, 4) is 5.75 Å². The molecule has 2 rings (SSSR count). The van der Waals surface area contributed by atoms with Crippen LogP contribution in [0.4, 0.5) is 0 Å². The topological polar surface area (TPSA) is 76.4 Å². The molecule has 1 heterocycles. The Hall–Kier alpha value is -2.05. The molecule has 0 aliphatic carbocycles. The number of carbonyl (C=O) groups excluding carboxylic acids is 1. The molecule has 0 fully saturated rings. The standard InChI is InChI=1S/C16H20ClN3O3/c1-11(23-14-6-4-13(17)5-7-14)15(21)18-10-16(2,22)12-8-19-20(3)9-12/h4-9,11,22H,10H2,1-3H3,(H,18,21).